The molecule has 0 saturated heterocycles. The molecule has 7 nitrogen and oxygen atoms in total. The number of halogens is 2. The Balaban J connectivity index is 2.51. The molecule has 0 aliphatic heterocycles. The Kier molecular flexibility index (Phi) is 9.79. The van der Waals surface area contributed by atoms with Crippen LogP contribution in [0.4, 0.5) is 5.69 Å². The van der Waals surface area contributed by atoms with Crippen LogP contribution in [-0.2, 0) is 26.2 Å². The number of sulfonamides is 1. The lowest BCUT2D eigenvalue weighted by molar-refractivity contribution is -0.140. The molecule has 2 aromatic carbocycles. The predicted molar refractivity (Wildman–Crippen MR) is 138 cm³/mol. The summed E-state index contributed by atoms with van der Waals surface area (Å²) < 4.78 is 26.5. The van der Waals surface area contributed by atoms with Gasteiger partial charge in [0, 0.05) is 23.1 Å². The molecular formula is C24H31Cl2N3O4S. The minimum absolute atomic E-state index is 0.0227. The van der Waals surface area contributed by atoms with Crippen molar-refractivity contribution in [3.05, 3.63) is 63.1 Å². The molecule has 1 atom stereocenters. The molecule has 0 aliphatic rings. The quantitative estimate of drug-likeness (QED) is 0.498. The maximum absolute atomic E-state index is 13.6. The van der Waals surface area contributed by atoms with E-state index in [1.165, 1.54) is 4.90 Å². The van der Waals surface area contributed by atoms with Crippen LogP contribution in [0.15, 0.2) is 36.4 Å². The molecule has 0 saturated carbocycles. The van der Waals surface area contributed by atoms with Gasteiger partial charge in [-0.3, -0.25) is 13.9 Å². The molecule has 0 aliphatic carbocycles. The van der Waals surface area contributed by atoms with Crippen molar-refractivity contribution in [1.29, 1.82) is 0 Å². The fourth-order valence-electron chi connectivity index (χ4n) is 3.63. The number of amides is 2. The van der Waals surface area contributed by atoms with Crippen LogP contribution in [-0.4, -0.2) is 50.5 Å². The maximum Gasteiger partial charge on any atom is 0.244 e. The highest BCUT2D eigenvalue weighted by molar-refractivity contribution is 7.92. The number of carbonyl (C=O) groups excluding carboxylic acids is 2. The van der Waals surface area contributed by atoms with E-state index in [4.69, 9.17) is 23.2 Å². The summed E-state index contributed by atoms with van der Waals surface area (Å²) in [6, 6.07) is 9.50. The molecule has 34 heavy (non-hydrogen) atoms. The zero-order chi connectivity index (χ0) is 25.6. The van der Waals surface area contributed by atoms with Crippen molar-refractivity contribution in [1.82, 2.24) is 10.2 Å². The van der Waals surface area contributed by atoms with Gasteiger partial charge in [-0.2, -0.15) is 0 Å². The summed E-state index contributed by atoms with van der Waals surface area (Å²) in [6.45, 7) is 7.19. The first kappa shape index (κ1) is 28.0. The van der Waals surface area contributed by atoms with Gasteiger partial charge < -0.3 is 10.2 Å². The van der Waals surface area contributed by atoms with Crippen molar-refractivity contribution in [2.45, 2.75) is 46.7 Å². The second-order valence-corrected chi connectivity index (χ2v) is 10.9. The summed E-state index contributed by atoms with van der Waals surface area (Å²) in [5.41, 5.74) is 2.60. The number of nitrogens with zero attached hydrogens (tertiary/aromatic N) is 2. The number of anilines is 1. The summed E-state index contributed by atoms with van der Waals surface area (Å²) >= 11 is 12.4. The molecule has 186 valence electrons. The van der Waals surface area contributed by atoms with Gasteiger partial charge in [0.1, 0.15) is 12.6 Å². The van der Waals surface area contributed by atoms with Gasteiger partial charge in [0.2, 0.25) is 21.8 Å². The summed E-state index contributed by atoms with van der Waals surface area (Å²) in [4.78, 5) is 27.8. The Morgan fingerprint density at radius 1 is 1.06 bits per heavy atom. The van der Waals surface area contributed by atoms with Crippen LogP contribution in [0.1, 0.15) is 37.0 Å². The lowest BCUT2D eigenvalue weighted by Gasteiger charge is -2.33. The van der Waals surface area contributed by atoms with Crippen molar-refractivity contribution in [2.24, 2.45) is 0 Å². The number of nitrogens with one attached hydrogen (secondary N) is 1. The van der Waals surface area contributed by atoms with E-state index in [-0.39, 0.29) is 12.5 Å². The molecule has 1 N–H and O–H groups in total. The topological polar surface area (TPSA) is 86.8 Å². The van der Waals surface area contributed by atoms with Gasteiger partial charge in [-0.15, -0.1) is 0 Å². The van der Waals surface area contributed by atoms with Gasteiger partial charge in [-0.1, -0.05) is 48.3 Å². The first-order valence-electron chi connectivity index (χ1n) is 10.9. The Labute approximate surface area is 212 Å². The van der Waals surface area contributed by atoms with Crippen LogP contribution < -0.4 is 9.62 Å². The molecule has 10 heteroatoms. The van der Waals surface area contributed by atoms with Crippen LogP contribution in [0.25, 0.3) is 0 Å². The van der Waals surface area contributed by atoms with E-state index in [1.807, 2.05) is 19.1 Å². The summed E-state index contributed by atoms with van der Waals surface area (Å²) in [6.07, 6.45) is 1.40. The minimum Gasteiger partial charge on any atom is -0.355 e. The van der Waals surface area contributed by atoms with E-state index in [1.54, 1.807) is 45.0 Å². The molecule has 0 aromatic heterocycles. The van der Waals surface area contributed by atoms with Crippen LogP contribution >= 0.6 is 23.2 Å². The SMILES string of the molecule is CCNC(=O)[C@@H](CC)N(Cc1ccc(Cl)cc1Cl)C(=O)CN(c1cc(C)ccc1C)S(C)(=O)=O. The van der Waals surface area contributed by atoms with Gasteiger partial charge >= 0.3 is 0 Å². The summed E-state index contributed by atoms with van der Waals surface area (Å²) in [5.74, 6) is -0.837. The van der Waals surface area contributed by atoms with Gasteiger partial charge in [-0.05, 0) is 62.1 Å². The molecule has 0 radical (unpaired) electrons. The monoisotopic (exact) mass is 527 g/mol. The number of hydrogen-bond donors (Lipinski definition) is 1. The van der Waals surface area contributed by atoms with Crippen LogP contribution in [0.3, 0.4) is 0 Å². The van der Waals surface area contributed by atoms with Crippen LogP contribution in [0.2, 0.25) is 10.0 Å². The molecule has 0 unspecified atom stereocenters. The Hall–Kier alpha value is -2.29. The molecule has 2 rings (SSSR count). The van der Waals surface area contributed by atoms with E-state index in [2.05, 4.69) is 5.32 Å². The third kappa shape index (κ3) is 7.10. The van der Waals surface area contributed by atoms with E-state index < -0.39 is 28.5 Å². The second kappa shape index (κ2) is 11.9. The average Bonchev–Trinajstić information content (AvgIpc) is 2.74. The lowest BCUT2D eigenvalue weighted by Crippen LogP contribution is -2.52. The van der Waals surface area contributed by atoms with E-state index in [9.17, 15) is 18.0 Å². The molecular weight excluding hydrogens is 497 g/mol. The smallest absolute Gasteiger partial charge is 0.244 e. The van der Waals surface area contributed by atoms with Crippen LogP contribution in [0, 0.1) is 13.8 Å². The van der Waals surface area contributed by atoms with Gasteiger partial charge in [0.05, 0.1) is 11.9 Å². The van der Waals surface area contributed by atoms with E-state index >= 15 is 0 Å². The summed E-state index contributed by atoms with van der Waals surface area (Å²) in [7, 11) is -3.79. The van der Waals surface area contributed by atoms with E-state index in [0.29, 0.717) is 39.8 Å². The molecule has 2 amide bonds. The molecule has 0 spiro atoms. The Morgan fingerprint density at radius 2 is 1.74 bits per heavy atom. The summed E-state index contributed by atoms with van der Waals surface area (Å²) in [5, 5.41) is 3.55. The maximum atomic E-state index is 13.6. The zero-order valence-corrected chi connectivity index (χ0v) is 22.4. The fraction of sp³-hybridized carbons (Fsp3) is 0.417. The number of hydrogen-bond acceptors (Lipinski definition) is 4. The van der Waals surface area contributed by atoms with Crippen molar-refractivity contribution in [2.75, 3.05) is 23.7 Å². The molecule has 0 heterocycles. The Morgan fingerprint density at radius 3 is 2.29 bits per heavy atom. The van der Waals surface area contributed by atoms with Gasteiger partial charge in [-0.25, -0.2) is 8.42 Å². The normalized spacial score (nSPS) is 12.2. The van der Waals surface area contributed by atoms with Crippen molar-refractivity contribution < 1.29 is 18.0 Å². The molecule has 0 bridgehead atoms. The van der Waals surface area contributed by atoms with Crippen molar-refractivity contribution in [3.8, 4) is 0 Å². The number of benzene rings is 2. The lowest BCUT2D eigenvalue weighted by atomic mass is 10.1. The highest BCUT2D eigenvalue weighted by atomic mass is 35.5. The van der Waals surface area contributed by atoms with Gasteiger partial charge in [0.15, 0.2) is 0 Å². The zero-order valence-electron chi connectivity index (χ0n) is 20.1. The van der Waals surface area contributed by atoms with Crippen LogP contribution in [0.5, 0.6) is 0 Å². The first-order chi connectivity index (χ1) is 15.9. The third-order valence-electron chi connectivity index (χ3n) is 5.41. The fourth-order valence-corrected chi connectivity index (χ4v) is 5.00. The number of aryl methyl sites for hydroxylation is 2. The largest absolute Gasteiger partial charge is 0.355 e. The number of rotatable bonds is 10. The first-order valence-corrected chi connectivity index (χ1v) is 13.6. The van der Waals surface area contributed by atoms with E-state index in [0.717, 1.165) is 16.1 Å². The van der Waals surface area contributed by atoms with Crippen molar-refractivity contribution in [3.63, 3.8) is 0 Å². The highest BCUT2D eigenvalue weighted by Gasteiger charge is 2.32. The molecule has 2 aromatic rings. The molecule has 0 fully saturated rings. The average molecular weight is 529 g/mol. The predicted octanol–water partition coefficient (Wildman–Crippen LogP) is 4.32. The van der Waals surface area contributed by atoms with Crippen molar-refractivity contribution >= 4 is 50.7 Å². The third-order valence-corrected chi connectivity index (χ3v) is 7.12. The number of likely N-dealkylation sites (N-methyl/N-ethyl adjacent to an activating group) is 1. The standard InChI is InChI=1S/C24H31Cl2N3O4S/c1-6-21(24(31)27-7-2)28(14-18-10-11-19(25)13-20(18)26)23(30)15-29(34(5,32)33)22-12-16(3)8-9-17(22)4/h8-13,21H,6-7,14-15H2,1-5H3,(H,27,31)/t21-/m1/s1. The second-order valence-electron chi connectivity index (χ2n) is 8.14. The number of carbonyl (C=O) groups is 2. The van der Waals surface area contributed by atoms with Gasteiger partial charge in [0.25, 0.3) is 0 Å². The Bertz CT molecular complexity index is 1150. The minimum atomic E-state index is -3.79. The highest BCUT2D eigenvalue weighted by Crippen LogP contribution is 2.26.